The van der Waals surface area contributed by atoms with Crippen molar-refractivity contribution >= 4 is 10.9 Å². The van der Waals surface area contributed by atoms with Gasteiger partial charge >= 0.3 is 0 Å². The average Bonchev–Trinajstić information content (AvgIpc) is 3.16. The molecule has 0 aliphatic carbocycles. The molecule has 0 unspecified atom stereocenters. The van der Waals surface area contributed by atoms with Gasteiger partial charge in [-0.2, -0.15) is 4.57 Å². The van der Waals surface area contributed by atoms with Crippen LogP contribution in [0.3, 0.4) is 0 Å². The lowest BCUT2D eigenvalue weighted by Crippen LogP contribution is -2.31. The van der Waals surface area contributed by atoms with Gasteiger partial charge in [0.1, 0.15) is 5.69 Å². The number of benzene rings is 2. The highest BCUT2D eigenvalue weighted by Gasteiger charge is 2.33. The lowest BCUT2D eigenvalue weighted by atomic mass is 10.0. The van der Waals surface area contributed by atoms with Crippen LogP contribution in [0.1, 0.15) is 32.2 Å². The second-order valence-corrected chi connectivity index (χ2v) is 6.91. The molecule has 2 nitrogen and oxygen atoms in total. The Bertz CT molecular complexity index is 1150. The largest absolute Gasteiger partial charge is 0.303 e. The molecule has 25 heavy (non-hydrogen) atoms. The SMILES string of the molecule is [2H]C(C)(C)c1ccccc1-n1c2c(c3ccccc31)C[n+]1ccccc1-2. The first-order chi connectivity index (χ1) is 12.6. The van der Waals surface area contributed by atoms with Crippen LogP contribution in [0.5, 0.6) is 0 Å². The summed E-state index contributed by atoms with van der Waals surface area (Å²) in [7, 11) is 0. The molecule has 0 amide bonds. The van der Waals surface area contributed by atoms with Crippen molar-refractivity contribution in [2.24, 2.45) is 0 Å². The number of nitrogens with zero attached hydrogens (tertiary/aromatic N) is 2. The maximum absolute atomic E-state index is 8.65. The van der Waals surface area contributed by atoms with Crippen molar-refractivity contribution < 1.29 is 5.94 Å². The first-order valence-corrected chi connectivity index (χ1v) is 8.77. The minimum atomic E-state index is -0.667. The molecule has 0 fully saturated rings. The van der Waals surface area contributed by atoms with Crippen LogP contribution in [0, 0.1) is 0 Å². The van der Waals surface area contributed by atoms with Crippen LogP contribution >= 0.6 is 0 Å². The Morgan fingerprint density at radius 2 is 1.72 bits per heavy atom. The van der Waals surface area contributed by atoms with E-state index < -0.39 is 5.89 Å². The first kappa shape index (κ1) is 13.4. The van der Waals surface area contributed by atoms with Crippen LogP contribution in [0.15, 0.2) is 72.9 Å². The molecule has 2 aromatic heterocycles. The van der Waals surface area contributed by atoms with E-state index in [4.69, 9.17) is 1.37 Å². The van der Waals surface area contributed by atoms with Gasteiger partial charge in [0.25, 0.3) is 0 Å². The van der Waals surface area contributed by atoms with Gasteiger partial charge in [0.05, 0.1) is 11.1 Å². The van der Waals surface area contributed by atoms with Crippen molar-refractivity contribution in [2.45, 2.75) is 26.3 Å². The second kappa shape index (κ2) is 5.32. The summed E-state index contributed by atoms with van der Waals surface area (Å²) in [6.07, 6.45) is 2.15. The number of fused-ring (bicyclic) bond motifs is 5. The Labute approximate surface area is 149 Å². The molecule has 5 rings (SSSR count). The molecule has 1 aliphatic heterocycles. The molecule has 1 aliphatic rings. The van der Waals surface area contributed by atoms with E-state index in [1.54, 1.807) is 0 Å². The molecular formula is C23H21N2+. The second-order valence-electron chi connectivity index (χ2n) is 6.91. The van der Waals surface area contributed by atoms with E-state index in [9.17, 15) is 0 Å². The molecular weight excluding hydrogens is 304 g/mol. The summed E-state index contributed by atoms with van der Waals surface area (Å²) in [5.41, 5.74) is 7.20. The fraction of sp³-hybridized carbons (Fsp3) is 0.174. The molecule has 4 aromatic rings. The van der Waals surface area contributed by atoms with Crippen molar-refractivity contribution in [3.63, 3.8) is 0 Å². The summed E-state index contributed by atoms with van der Waals surface area (Å²) in [6.45, 7) is 4.81. The fourth-order valence-electron chi connectivity index (χ4n) is 4.08. The van der Waals surface area contributed by atoms with Gasteiger partial charge < -0.3 is 4.57 Å². The van der Waals surface area contributed by atoms with Gasteiger partial charge in [0.2, 0.25) is 5.69 Å². The maximum atomic E-state index is 8.65. The van der Waals surface area contributed by atoms with E-state index in [1.165, 1.54) is 27.9 Å². The summed E-state index contributed by atoms with van der Waals surface area (Å²) >= 11 is 0. The van der Waals surface area contributed by atoms with E-state index >= 15 is 0 Å². The third-order valence-electron chi connectivity index (χ3n) is 5.17. The standard InChI is InChI=1S/C23H21N2/c1-16(2)17-9-3-5-11-20(17)25-21-12-6-4-10-18(21)19-15-24-14-8-7-13-22(24)23(19)25/h3-14,16H,15H2,1-2H3/q+1/i16D. The normalized spacial score (nSPS) is 13.6. The number of aromatic nitrogens is 2. The van der Waals surface area contributed by atoms with Gasteiger partial charge in [-0.15, -0.1) is 0 Å². The van der Waals surface area contributed by atoms with Gasteiger partial charge in [-0.3, -0.25) is 0 Å². The van der Waals surface area contributed by atoms with Crippen LogP contribution in [0.25, 0.3) is 28.0 Å². The lowest BCUT2D eigenvalue weighted by Gasteiger charge is -2.16. The van der Waals surface area contributed by atoms with Gasteiger partial charge in [-0.1, -0.05) is 50.2 Å². The maximum Gasteiger partial charge on any atom is 0.230 e. The van der Waals surface area contributed by atoms with E-state index in [1.807, 2.05) is 19.9 Å². The predicted octanol–water partition coefficient (Wildman–Crippen LogP) is 5.07. The zero-order valence-corrected chi connectivity index (χ0v) is 14.5. The van der Waals surface area contributed by atoms with E-state index in [-0.39, 0.29) is 0 Å². The summed E-state index contributed by atoms with van der Waals surface area (Å²) in [5.74, 6) is -0.667. The van der Waals surface area contributed by atoms with Crippen LogP contribution in [0.4, 0.5) is 0 Å². The summed E-state index contributed by atoms with van der Waals surface area (Å²) in [6, 6.07) is 23.3. The highest BCUT2D eigenvalue weighted by atomic mass is 15.1. The van der Waals surface area contributed by atoms with Crippen LogP contribution in [-0.2, 0) is 6.54 Å². The van der Waals surface area contributed by atoms with Gasteiger partial charge in [0.15, 0.2) is 12.7 Å². The van der Waals surface area contributed by atoms with Crippen molar-refractivity contribution in [1.29, 1.82) is 0 Å². The molecule has 0 bridgehead atoms. The molecule has 0 radical (unpaired) electrons. The zero-order valence-electron chi connectivity index (χ0n) is 15.5. The Morgan fingerprint density at radius 3 is 2.60 bits per heavy atom. The van der Waals surface area contributed by atoms with Crippen LogP contribution in [-0.4, -0.2) is 4.57 Å². The van der Waals surface area contributed by atoms with Gasteiger partial charge in [0, 0.05) is 24.6 Å². The topological polar surface area (TPSA) is 8.81 Å². The van der Waals surface area contributed by atoms with Crippen LogP contribution in [0.2, 0.25) is 0 Å². The molecule has 2 aromatic carbocycles. The molecule has 0 spiro atoms. The van der Waals surface area contributed by atoms with E-state index in [0.717, 1.165) is 17.8 Å². The quantitative estimate of drug-likeness (QED) is 0.400. The molecule has 0 saturated carbocycles. The van der Waals surface area contributed by atoms with Gasteiger partial charge in [-0.25, -0.2) is 0 Å². The average molecular weight is 326 g/mol. The predicted molar refractivity (Wildman–Crippen MR) is 102 cm³/mol. The molecule has 2 heteroatoms. The van der Waals surface area contributed by atoms with Crippen molar-refractivity contribution in [3.8, 4) is 17.1 Å². The number of hydrogen-bond acceptors (Lipinski definition) is 0. The summed E-state index contributed by atoms with van der Waals surface area (Å²) in [4.78, 5) is 0. The fourth-order valence-corrected chi connectivity index (χ4v) is 4.08. The Morgan fingerprint density at radius 1 is 0.960 bits per heavy atom. The van der Waals surface area contributed by atoms with E-state index in [2.05, 4.69) is 76.0 Å². The third kappa shape index (κ3) is 2.00. The monoisotopic (exact) mass is 326 g/mol. The summed E-state index contributed by atoms with van der Waals surface area (Å²) < 4.78 is 13.3. The first-order valence-electron chi connectivity index (χ1n) is 9.27. The van der Waals surface area contributed by atoms with Crippen molar-refractivity contribution in [1.82, 2.24) is 4.57 Å². The minimum absolute atomic E-state index is 0.667. The Balaban J connectivity index is 1.93. The third-order valence-corrected chi connectivity index (χ3v) is 5.17. The van der Waals surface area contributed by atoms with Crippen molar-refractivity contribution in [2.75, 3.05) is 0 Å². The highest BCUT2D eigenvalue weighted by molar-refractivity contribution is 5.93. The smallest absolute Gasteiger partial charge is 0.230 e. The summed E-state index contributed by atoms with van der Waals surface area (Å²) in [5, 5.41) is 1.30. The molecule has 0 saturated heterocycles. The van der Waals surface area contributed by atoms with E-state index in [0.29, 0.717) is 0 Å². The lowest BCUT2D eigenvalue weighted by molar-refractivity contribution is -0.672. The highest BCUT2D eigenvalue weighted by Crippen LogP contribution is 2.39. The minimum Gasteiger partial charge on any atom is -0.303 e. The number of pyridine rings is 1. The molecule has 122 valence electrons. The number of rotatable bonds is 2. The Hall–Kier alpha value is -2.87. The van der Waals surface area contributed by atoms with Crippen molar-refractivity contribution in [3.05, 3.63) is 84.1 Å². The zero-order chi connectivity index (χ0) is 17.9. The molecule has 0 atom stereocenters. The van der Waals surface area contributed by atoms with Crippen LogP contribution < -0.4 is 4.57 Å². The van der Waals surface area contributed by atoms with Gasteiger partial charge in [-0.05, 0) is 29.7 Å². The number of para-hydroxylation sites is 2. The number of hydrogen-bond donors (Lipinski definition) is 0. The molecule has 0 N–H and O–H groups in total. The Kier molecular flexibility index (Phi) is 2.85. The molecule has 3 heterocycles.